The highest BCUT2D eigenvalue weighted by molar-refractivity contribution is 5.57. The van der Waals surface area contributed by atoms with Gasteiger partial charge in [-0.15, -0.1) is 5.10 Å². The summed E-state index contributed by atoms with van der Waals surface area (Å²) in [5.74, 6) is 0.525. The molecule has 0 aliphatic carbocycles. The summed E-state index contributed by atoms with van der Waals surface area (Å²) in [6.45, 7) is 0.313. The number of rotatable bonds is 4. The monoisotopic (exact) mass is 255 g/mol. The van der Waals surface area contributed by atoms with Crippen LogP contribution in [0.4, 0.5) is 0 Å². The van der Waals surface area contributed by atoms with E-state index in [0.29, 0.717) is 12.3 Å². The molecule has 0 fully saturated rings. The Labute approximate surface area is 110 Å². The standard InChI is InChI=1S/C14H13N3O2/c18-13(14-7-4-8-19-14)10-17-9-12(15-16-17)11-5-2-1-3-6-11/h1-9,13,18H,10H2/t13-/m1/s1. The molecule has 19 heavy (non-hydrogen) atoms. The lowest BCUT2D eigenvalue weighted by Crippen LogP contribution is -2.08. The summed E-state index contributed by atoms with van der Waals surface area (Å²) in [5, 5.41) is 18.1. The molecule has 1 N–H and O–H groups in total. The Morgan fingerprint density at radius 1 is 1.16 bits per heavy atom. The average molecular weight is 255 g/mol. The van der Waals surface area contributed by atoms with Gasteiger partial charge in [-0.2, -0.15) is 0 Å². The third kappa shape index (κ3) is 2.56. The van der Waals surface area contributed by atoms with E-state index >= 15 is 0 Å². The van der Waals surface area contributed by atoms with Gasteiger partial charge < -0.3 is 9.52 Å². The van der Waals surface area contributed by atoms with Crippen LogP contribution in [0.25, 0.3) is 11.3 Å². The van der Waals surface area contributed by atoms with Gasteiger partial charge in [-0.3, -0.25) is 0 Å². The van der Waals surface area contributed by atoms with E-state index in [9.17, 15) is 5.11 Å². The lowest BCUT2D eigenvalue weighted by Gasteiger charge is -2.06. The summed E-state index contributed by atoms with van der Waals surface area (Å²) in [7, 11) is 0. The molecule has 1 aromatic carbocycles. The highest BCUT2D eigenvalue weighted by Crippen LogP contribution is 2.18. The van der Waals surface area contributed by atoms with Gasteiger partial charge in [0.25, 0.3) is 0 Å². The molecule has 0 radical (unpaired) electrons. The summed E-state index contributed by atoms with van der Waals surface area (Å²) >= 11 is 0. The first-order valence-electron chi connectivity index (χ1n) is 6.00. The van der Waals surface area contributed by atoms with Crippen LogP contribution in [0.2, 0.25) is 0 Å². The molecule has 2 heterocycles. The van der Waals surface area contributed by atoms with Gasteiger partial charge in [-0.1, -0.05) is 35.5 Å². The third-order valence-electron chi connectivity index (χ3n) is 2.84. The van der Waals surface area contributed by atoms with Gasteiger partial charge >= 0.3 is 0 Å². The van der Waals surface area contributed by atoms with Crippen molar-refractivity contribution in [2.45, 2.75) is 12.6 Å². The van der Waals surface area contributed by atoms with Crippen LogP contribution >= 0.6 is 0 Å². The fraction of sp³-hybridized carbons (Fsp3) is 0.143. The molecular weight excluding hydrogens is 242 g/mol. The summed E-state index contributed by atoms with van der Waals surface area (Å²) in [6, 6.07) is 13.3. The molecule has 5 nitrogen and oxygen atoms in total. The number of nitrogens with zero attached hydrogens (tertiary/aromatic N) is 3. The van der Waals surface area contributed by atoms with Crippen LogP contribution in [0.5, 0.6) is 0 Å². The van der Waals surface area contributed by atoms with Crippen LogP contribution in [-0.4, -0.2) is 20.1 Å². The van der Waals surface area contributed by atoms with E-state index in [1.54, 1.807) is 16.8 Å². The summed E-state index contributed by atoms with van der Waals surface area (Å²) in [4.78, 5) is 0. The van der Waals surface area contributed by atoms with Gasteiger partial charge in [-0.25, -0.2) is 4.68 Å². The Kier molecular flexibility index (Phi) is 3.12. The zero-order valence-electron chi connectivity index (χ0n) is 10.2. The molecule has 0 saturated carbocycles. The van der Waals surface area contributed by atoms with Crippen molar-refractivity contribution in [3.8, 4) is 11.3 Å². The third-order valence-corrected chi connectivity index (χ3v) is 2.84. The maximum atomic E-state index is 9.96. The highest BCUT2D eigenvalue weighted by Gasteiger charge is 2.12. The van der Waals surface area contributed by atoms with Crippen LogP contribution < -0.4 is 0 Å². The van der Waals surface area contributed by atoms with Crippen molar-refractivity contribution in [2.75, 3.05) is 0 Å². The first kappa shape index (κ1) is 11.7. The Hall–Kier alpha value is -2.40. The van der Waals surface area contributed by atoms with E-state index in [-0.39, 0.29) is 0 Å². The number of aromatic nitrogens is 3. The number of aliphatic hydroxyl groups excluding tert-OH is 1. The largest absolute Gasteiger partial charge is 0.467 e. The van der Waals surface area contributed by atoms with Crippen molar-refractivity contribution in [3.05, 3.63) is 60.7 Å². The summed E-state index contributed by atoms with van der Waals surface area (Å²) < 4.78 is 6.75. The Bertz CT molecular complexity index is 632. The smallest absolute Gasteiger partial charge is 0.134 e. The normalized spacial score (nSPS) is 12.5. The molecule has 0 saturated heterocycles. The lowest BCUT2D eigenvalue weighted by molar-refractivity contribution is 0.125. The Morgan fingerprint density at radius 2 is 2.00 bits per heavy atom. The van der Waals surface area contributed by atoms with E-state index in [0.717, 1.165) is 11.3 Å². The van der Waals surface area contributed by atoms with E-state index in [1.165, 1.54) is 6.26 Å². The SMILES string of the molecule is O[C@H](Cn1cc(-c2ccccc2)nn1)c1ccco1. The number of hydrogen-bond acceptors (Lipinski definition) is 4. The molecule has 0 unspecified atom stereocenters. The van der Waals surface area contributed by atoms with Crippen molar-refractivity contribution in [3.63, 3.8) is 0 Å². The average Bonchev–Trinajstić information content (AvgIpc) is 3.11. The number of benzene rings is 1. The molecular formula is C14H13N3O2. The number of hydrogen-bond donors (Lipinski definition) is 1. The van der Waals surface area contributed by atoms with E-state index in [1.807, 2.05) is 36.5 Å². The minimum Gasteiger partial charge on any atom is -0.467 e. The molecule has 3 aromatic rings. The second kappa shape index (κ2) is 5.07. The number of furan rings is 1. The first-order chi connectivity index (χ1) is 9.33. The minimum atomic E-state index is -0.722. The number of aliphatic hydroxyl groups is 1. The fourth-order valence-electron chi connectivity index (χ4n) is 1.88. The van der Waals surface area contributed by atoms with Gasteiger partial charge in [-0.05, 0) is 12.1 Å². The zero-order chi connectivity index (χ0) is 13.1. The maximum Gasteiger partial charge on any atom is 0.134 e. The molecule has 5 heteroatoms. The van der Waals surface area contributed by atoms with Crippen LogP contribution in [0.15, 0.2) is 59.3 Å². The van der Waals surface area contributed by atoms with Gasteiger partial charge in [0.1, 0.15) is 17.6 Å². The second-order valence-electron chi connectivity index (χ2n) is 4.22. The van der Waals surface area contributed by atoms with Crippen molar-refractivity contribution < 1.29 is 9.52 Å². The second-order valence-corrected chi connectivity index (χ2v) is 4.22. The molecule has 0 amide bonds. The Balaban J connectivity index is 1.75. The van der Waals surface area contributed by atoms with Crippen LogP contribution in [0.3, 0.4) is 0 Å². The molecule has 0 bridgehead atoms. The molecule has 0 aliphatic heterocycles. The Morgan fingerprint density at radius 3 is 2.74 bits per heavy atom. The minimum absolute atomic E-state index is 0.313. The fourth-order valence-corrected chi connectivity index (χ4v) is 1.88. The van der Waals surface area contributed by atoms with E-state index < -0.39 is 6.10 Å². The van der Waals surface area contributed by atoms with Crippen molar-refractivity contribution in [2.24, 2.45) is 0 Å². The van der Waals surface area contributed by atoms with Crippen molar-refractivity contribution in [1.82, 2.24) is 15.0 Å². The predicted octanol–water partition coefficient (Wildman–Crippen LogP) is 2.27. The predicted molar refractivity (Wildman–Crippen MR) is 69.1 cm³/mol. The summed E-state index contributed by atoms with van der Waals surface area (Å²) in [6.07, 6.45) is 2.62. The molecule has 96 valence electrons. The molecule has 1 atom stereocenters. The maximum absolute atomic E-state index is 9.96. The van der Waals surface area contributed by atoms with E-state index in [2.05, 4.69) is 10.3 Å². The van der Waals surface area contributed by atoms with E-state index in [4.69, 9.17) is 4.42 Å². The highest BCUT2D eigenvalue weighted by atomic mass is 16.4. The van der Waals surface area contributed by atoms with Crippen molar-refractivity contribution >= 4 is 0 Å². The topological polar surface area (TPSA) is 64.1 Å². The molecule has 0 spiro atoms. The van der Waals surface area contributed by atoms with Crippen molar-refractivity contribution in [1.29, 1.82) is 0 Å². The lowest BCUT2D eigenvalue weighted by atomic mass is 10.2. The molecule has 0 aliphatic rings. The van der Waals surface area contributed by atoms with Gasteiger partial charge in [0, 0.05) is 5.56 Å². The molecule has 2 aromatic heterocycles. The quantitative estimate of drug-likeness (QED) is 0.776. The first-order valence-corrected chi connectivity index (χ1v) is 6.00. The van der Waals surface area contributed by atoms with Crippen LogP contribution in [0.1, 0.15) is 11.9 Å². The zero-order valence-corrected chi connectivity index (χ0v) is 10.2. The van der Waals surface area contributed by atoms with Gasteiger partial charge in [0.15, 0.2) is 0 Å². The molecule has 3 rings (SSSR count). The van der Waals surface area contributed by atoms with Gasteiger partial charge in [0.05, 0.1) is 19.0 Å². The summed E-state index contributed by atoms with van der Waals surface area (Å²) in [5.41, 5.74) is 1.79. The van der Waals surface area contributed by atoms with Crippen LogP contribution in [-0.2, 0) is 6.54 Å². The van der Waals surface area contributed by atoms with Gasteiger partial charge in [0.2, 0.25) is 0 Å². The van der Waals surface area contributed by atoms with Crippen LogP contribution in [0, 0.1) is 0 Å².